The quantitative estimate of drug-likeness (QED) is 0.609. The molecule has 0 heterocycles. The van der Waals surface area contributed by atoms with Gasteiger partial charge >= 0.3 is 0 Å². The lowest BCUT2D eigenvalue weighted by Crippen LogP contribution is -2.36. The Balaban J connectivity index is 3.92. The van der Waals surface area contributed by atoms with Crippen LogP contribution in [0.15, 0.2) is 0 Å². The van der Waals surface area contributed by atoms with E-state index in [1.54, 1.807) is 0 Å². The lowest BCUT2D eigenvalue weighted by Gasteiger charge is -2.26. The average Bonchev–Trinajstić information content (AvgIpc) is 1.88. The van der Waals surface area contributed by atoms with Crippen molar-refractivity contribution in [2.75, 3.05) is 13.2 Å². The molecule has 0 rings (SSSR count). The number of ether oxygens (including phenoxy) is 1. The van der Waals surface area contributed by atoms with Crippen LogP contribution in [0.3, 0.4) is 0 Å². The van der Waals surface area contributed by atoms with Gasteiger partial charge in [0.15, 0.2) is 0 Å². The van der Waals surface area contributed by atoms with Gasteiger partial charge in [-0.15, -0.1) is 0 Å². The van der Waals surface area contributed by atoms with Crippen molar-refractivity contribution >= 4 is 17.4 Å². The minimum absolute atomic E-state index is 0.430. The van der Waals surface area contributed by atoms with Crippen LogP contribution >= 0.6 is 12.2 Å². The minimum Gasteiger partial charge on any atom is -0.471 e. The molecule has 0 unspecified atom stereocenters. The molecule has 0 fully saturated rings. The van der Waals surface area contributed by atoms with Gasteiger partial charge in [-0.1, -0.05) is 0 Å². The summed E-state index contributed by atoms with van der Waals surface area (Å²) in [5.74, 6) is 0. The Kier molecular flexibility index (Phi) is 5.20. The Morgan fingerprint density at radius 3 is 2.27 bits per heavy atom. The van der Waals surface area contributed by atoms with E-state index in [-0.39, 0.29) is 0 Å². The van der Waals surface area contributed by atoms with Crippen LogP contribution in [0.5, 0.6) is 0 Å². The molecule has 0 radical (unpaired) electrons. The smallest absolute Gasteiger partial charge is 0.259 e. The minimum atomic E-state index is 0.430. The van der Waals surface area contributed by atoms with Gasteiger partial charge in [0, 0.05) is 12.6 Å². The first kappa shape index (κ1) is 10.7. The molecule has 0 aliphatic rings. The van der Waals surface area contributed by atoms with E-state index in [9.17, 15) is 0 Å². The molecule has 0 saturated heterocycles. The van der Waals surface area contributed by atoms with Gasteiger partial charge in [-0.2, -0.15) is 0 Å². The molecule has 3 heteroatoms. The second-order valence-electron chi connectivity index (χ2n) is 2.58. The molecule has 0 saturated carbocycles. The number of nitrogens with zero attached hydrogens (tertiary/aromatic N) is 1. The van der Waals surface area contributed by atoms with Crippen LogP contribution in [-0.4, -0.2) is 29.3 Å². The molecule has 0 N–H and O–H groups in total. The summed E-state index contributed by atoms with van der Waals surface area (Å²) in [5.41, 5.74) is 0. The summed E-state index contributed by atoms with van der Waals surface area (Å²) in [6, 6.07) is 0.430. The van der Waals surface area contributed by atoms with Crippen molar-refractivity contribution in [1.82, 2.24) is 4.90 Å². The highest BCUT2D eigenvalue weighted by Gasteiger charge is 2.10. The normalized spacial score (nSPS) is 9.91. The van der Waals surface area contributed by atoms with Crippen LogP contribution in [-0.2, 0) is 4.74 Å². The Morgan fingerprint density at radius 2 is 2.00 bits per heavy atom. The molecule has 11 heavy (non-hydrogen) atoms. The van der Waals surface area contributed by atoms with Gasteiger partial charge in [0.05, 0.1) is 6.61 Å². The third-order valence-electron chi connectivity index (χ3n) is 1.47. The molecule has 0 aromatic heterocycles. The lowest BCUT2D eigenvalue weighted by molar-refractivity contribution is 0.236. The van der Waals surface area contributed by atoms with Crippen molar-refractivity contribution in [3.63, 3.8) is 0 Å². The topological polar surface area (TPSA) is 12.5 Å². The van der Waals surface area contributed by atoms with E-state index in [0.717, 1.165) is 6.54 Å². The number of thiocarbonyl (C=S) groups is 1. The predicted octanol–water partition coefficient (Wildman–Crippen LogP) is 2.04. The van der Waals surface area contributed by atoms with Crippen molar-refractivity contribution in [2.45, 2.75) is 33.7 Å². The average molecular weight is 175 g/mol. The standard InChI is InChI=1S/C8H17NOS/c1-5-9(7(3)4)8(11)10-6-2/h7H,5-6H2,1-4H3. The number of hydrogen-bond donors (Lipinski definition) is 0. The lowest BCUT2D eigenvalue weighted by atomic mass is 10.3. The summed E-state index contributed by atoms with van der Waals surface area (Å²) >= 11 is 5.05. The van der Waals surface area contributed by atoms with Crippen LogP contribution in [0.2, 0.25) is 0 Å². The van der Waals surface area contributed by atoms with E-state index < -0.39 is 0 Å². The van der Waals surface area contributed by atoms with Gasteiger partial charge in [0.1, 0.15) is 0 Å². The second kappa shape index (κ2) is 5.35. The molecule has 0 amide bonds. The fraction of sp³-hybridized carbons (Fsp3) is 0.875. The van der Waals surface area contributed by atoms with Gasteiger partial charge in [-0.25, -0.2) is 0 Å². The van der Waals surface area contributed by atoms with Gasteiger partial charge in [-0.3, -0.25) is 0 Å². The van der Waals surface area contributed by atoms with Gasteiger partial charge in [-0.05, 0) is 39.9 Å². The van der Waals surface area contributed by atoms with Crippen molar-refractivity contribution < 1.29 is 4.74 Å². The Hall–Kier alpha value is -0.310. The second-order valence-corrected chi connectivity index (χ2v) is 2.93. The van der Waals surface area contributed by atoms with E-state index in [0.29, 0.717) is 17.8 Å². The molecule has 0 aromatic rings. The van der Waals surface area contributed by atoms with Crippen LogP contribution in [0, 0.1) is 0 Å². The molecule has 0 spiro atoms. The maximum absolute atomic E-state index is 5.21. The zero-order chi connectivity index (χ0) is 8.85. The Morgan fingerprint density at radius 1 is 1.45 bits per heavy atom. The van der Waals surface area contributed by atoms with E-state index in [2.05, 4.69) is 25.7 Å². The third-order valence-corrected chi connectivity index (χ3v) is 1.82. The van der Waals surface area contributed by atoms with Crippen molar-refractivity contribution in [3.8, 4) is 0 Å². The highest BCUT2D eigenvalue weighted by molar-refractivity contribution is 7.80. The first-order valence-electron chi connectivity index (χ1n) is 4.06. The molecule has 66 valence electrons. The summed E-state index contributed by atoms with van der Waals surface area (Å²) in [5, 5.41) is 0.616. The van der Waals surface area contributed by atoms with Crippen molar-refractivity contribution in [3.05, 3.63) is 0 Å². The Labute approximate surface area is 74.5 Å². The highest BCUT2D eigenvalue weighted by atomic mass is 32.1. The summed E-state index contributed by atoms with van der Waals surface area (Å²) in [4.78, 5) is 2.05. The largest absolute Gasteiger partial charge is 0.471 e. The highest BCUT2D eigenvalue weighted by Crippen LogP contribution is 2.00. The van der Waals surface area contributed by atoms with E-state index >= 15 is 0 Å². The fourth-order valence-corrected chi connectivity index (χ4v) is 1.37. The summed E-state index contributed by atoms with van der Waals surface area (Å²) < 4.78 is 5.21. The monoisotopic (exact) mass is 175 g/mol. The molecule has 0 aliphatic carbocycles. The molecule has 0 aromatic carbocycles. The molecular formula is C8H17NOS. The number of rotatable bonds is 3. The van der Waals surface area contributed by atoms with E-state index in [4.69, 9.17) is 17.0 Å². The first-order chi connectivity index (χ1) is 5.13. The van der Waals surface area contributed by atoms with E-state index in [1.165, 1.54) is 0 Å². The fourth-order valence-electron chi connectivity index (χ4n) is 0.911. The van der Waals surface area contributed by atoms with Crippen molar-refractivity contribution in [2.24, 2.45) is 0 Å². The molecular weight excluding hydrogens is 158 g/mol. The van der Waals surface area contributed by atoms with Gasteiger partial charge < -0.3 is 9.64 Å². The van der Waals surface area contributed by atoms with E-state index in [1.807, 2.05) is 6.92 Å². The third kappa shape index (κ3) is 3.56. The van der Waals surface area contributed by atoms with Crippen molar-refractivity contribution in [1.29, 1.82) is 0 Å². The molecule has 0 atom stereocenters. The summed E-state index contributed by atoms with van der Waals surface area (Å²) in [6.07, 6.45) is 0. The Bertz CT molecular complexity index is 125. The SMILES string of the molecule is CCOC(=S)N(CC)C(C)C. The molecule has 2 nitrogen and oxygen atoms in total. The zero-order valence-corrected chi connectivity index (χ0v) is 8.57. The first-order valence-corrected chi connectivity index (χ1v) is 4.47. The predicted molar refractivity (Wildman–Crippen MR) is 51.7 cm³/mol. The zero-order valence-electron chi connectivity index (χ0n) is 7.76. The van der Waals surface area contributed by atoms with Crippen LogP contribution < -0.4 is 0 Å². The van der Waals surface area contributed by atoms with Crippen LogP contribution in [0.25, 0.3) is 0 Å². The van der Waals surface area contributed by atoms with Crippen LogP contribution in [0.4, 0.5) is 0 Å². The molecule has 0 bridgehead atoms. The maximum atomic E-state index is 5.21. The molecule has 0 aliphatic heterocycles. The van der Waals surface area contributed by atoms with Gasteiger partial charge in [0.25, 0.3) is 5.17 Å². The maximum Gasteiger partial charge on any atom is 0.259 e. The van der Waals surface area contributed by atoms with Crippen LogP contribution in [0.1, 0.15) is 27.7 Å². The van der Waals surface area contributed by atoms with Gasteiger partial charge in [0.2, 0.25) is 0 Å². The number of hydrogen-bond acceptors (Lipinski definition) is 2. The summed E-state index contributed by atoms with van der Waals surface area (Å²) in [7, 11) is 0. The summed E-state index contributed by atoms with van der Waals surface area (Å²) in [6.45, 7) is 9.80.